The fourth-order valence-corrected chi connectivity index (χ4v) is 4.02. The summed E-state index contributed by atoms with van der Waals surface area (Å²) in [6, 6.07) is 7.30. The fraction of sp³-hybridized carbons (Fsp3) is 0.375. The van der Waals surface area contributed by atoms with Crippen molar-refractivity contribution in [2.24, 2.45) is 23.7 Å². The van der Waals surface area contributed by atoms with Crippen LogP contribution in [0.5, 0.6) is 0 Å². The molecule has 1 saturated heterocycles. The normalized spacial score (nSPS) is 34.1. The maximum Gasteiger partial charge on any atom is 0.234 e. The molecule has 2 fully saturated rings. The number of carbonyl (C=O) groups is 2. The Hall–Kier alpha value is -1.61. The molecule has 2 amide bonds. The van der Waals surface area contributed by atoms with Gasteiger partial charge in [-0.05, 0) is 36.0 Å². The van der Waals surface area contributed by atoms with Gasteiger partial charge < -0.3 is 0 Å². The van der Waals surface area contributed by atoms with E-state index < -0.39 is 0 Å². The molecule has 20 heavy (non-hydrogen) atoms. The van der Waals surface area contributed by atoms with Crippen molar-refractivity contribution in [1.82, 2.24) is 4.90 Å². The van der Waals surface area contributed by atoms with Gasteiger partial charge in [-0.25, -0.2) is 0 Å². The summed E-state index contributed by atoms with van der Waals surface area (Å²) in [6.45, 7) is 0.362. The van der Waals surface area contributed by atoms with E-state index in [0.717, 1.165) is 12.0 Å². The molecule has 1 aliphatic heterocycles. The van der Waals surface area contributed by atoms with E-state index in [1.807, 2.05) is 12.1 Å². The van der Waals surface area contributed by atoms with Crippen molar-refractivity contribution >= 4 is 23.4 Å². The summed E-state index contributed by atoms with van der Waals surface area (Å²) in [6.07, 6.45) is 5.20. The number of benzene rings is 1. The van der Waals surface area contributed by atoms with Gasteiger partial charge in [-0.1, -0.05) is 35.9 Å². The van der Waals surface area contributed by atoms with Gasteiger partial charge in [-0.15, -0.1) is 0 Å². The Morgan fingerprint density at radius 3 is 2.10 bits per heavy atom. The molecule has 4 heteroatoms. The third-order valence-electron chi connectivity index (χ3n) is 4.82. The van der Waals surface area contributed by atoms with Crippen LogP contribution in [0, 0.1) is 23.7 Å². The van der Waals surface area contributed by atoms with Gasteiger partial charge in [0.2, 0.25) is 11.8 Å². The van der Waals surface area contributed by atoms with Crippen molar-refractivity contribution in [1.29, 1.82) is 0 Å². The number of rotatable bonds is 2. The van der Waals surface area contributed by atoms with Gasteiger partial charge in [0.25, 0.3) is 0 Å². The minimum absolute atomic E-state index is 0.00630. The summed E-state index contributed by atoms with van der Waals surface area (Å²) >= 11 is 5.85. The second-order valence-electron chi connectivity index (χ2n) is 5.89. The van der Waals surface area contributed by atoms with Crippen LogP contribution in [0.2, 0.25) is 5.02 Å². The van der Waals surface area contributed by atoms with Gasteiger partial charge in [0.1, 0.15) is 0 Å². The molecule has 0 N–H and O–H groups in total. The van der Waals surface area contributed by atoms with E-state index in [9.17, 15) is 9.59 Å². The molecule has 1 saturated carbocycles. The highest BCUT2D eigenvalue weighted by Gasteiger charge is 2.59. The van der Waals surface area contributed by atoms with Crippen LogP contribution in [-0.2, 0) is 16.1 Å². The molecule has 102 valence electrons. The number of nitrogens with zero attached hydrogens (tertiary/aromatic N) is 1. The number of fused-ring (bicyclic) bond motifs is 5. The van der Waals surface area contributed by atoms with Crippen LogP contribution >= 0.6 is 11.6 Å². The first-order chi connectivity index (χ1) is 9.65. The molecule has 0 aromatic heterocycles. The molecule has 2 bridgehead atoms. The summed E-state index contributed by atoms with van der Waals surface area (Å²) in [5.41, 5.74) is 0.941. The second-order valence-corrected chi connectivity index (χ2v) is 6.33. The molecule has 1 aromatic rings. The maximum absolute atomic E-state index is 12.5. The second kappa shape index (κ2) is 4.19. The lowest BCUT2D eigenvalue weighted by Crippen LogP contribution is -2.32. The zero-order chi connectivity index (χ0) is 13.9. The van der Waals surface area contributed by atoms with Crippen LogP contribution in [0.4, 0.5) is 0 Å². The molecule has 3 aliphatic rings. The monoisotopic (exact) mass is 287 g/mol. The number of imide groups is 1. The Kier molecular flexibility index (Phi) is 2.55. The SMILES string of the molecule is O=C1[C@@H]2[C@H](C(=O)N1Cc1ccc(Cl)cc1)[C@@H]1C=C[C@H]2C1. The van der Waals surface area contributed by atoms with E-state index >= 15 is 0 Å². The van der Waals surface area contributed by atoms with E-state index in [-0.39, 0.29) is 35.5 Å². The van der Waals surface area contributed by atoms with Crippen LogP contribution in [0.1, 0.15) is 12.0 Å². The summed E-state index contributed by atoms with van der Waals surface area (Å²) in [4.78, 5) is 26.4. The summed E-state index contributed by atoms with van der Waals surface area (Å²) in [5.74, 6) is 0.349. The van der Waals surface area contributed by atoms with Crippen molar-refractivity contribution in [3.63, 3.8) is 0 Å². The quantitative estimate of drug-likeness (QED) is 0.619. The average Bonchev–Trinajstić information content (AvgIpc) is 3.11. The predicted molar refractivity (Wildman–Crippen MR) is 74.7 cm³/mol. The highest BCUT2D eigenvalue weighted by Crippen LogP contribution is 2.52. The van der Waals surface area contributed by atoms with Gasteiger partial charge in [0.05, 0.1) is 18.4 Å². The van der Waals surface area contributed by atoms with Crippen molar-refractivity contribution in [3.05, 3.63) is 47.0 Å². The first-order valence-electron chi connectivity index (χ1n) is 6.93. The zero-order valence-corrected chi connectivity index (χ0v) is 11.6. The summed E-state index contributed by atoms with van der Waals surface area (Å²) < 4.78 is 0. The van der Waals surface area contributed by atoms with E-state index in [1.54, 1.807) is 12.1 Å². The van der Waals surface area contributed by atoms with Crippen LogP contribution in [0.3, 0.4) is 0 Å². The number of hydrogen-bond donors (Lipinski definition) is 0. The lowest BCUT2D eigenvalue weighted by Gasteiger charge is -2.17. The van der Waals surface area contributed by atoms with Gasteiger partial charge in [-0.3, -0.25) is 14.5 Å². The smallest absolute Gasteiger partial charge is 0.234 e. The van der Waals surface area contributed by atoms with Crippen molar-refractivity contribution in [2.75, 3.05) is 0 Å². The Balaban J connectivity index is 1.60. The van der Waals surface area contributed by atoms with Gasteiger partial charge >= 0.3 is 0 Å². The van der Waals surface area contributed by atoms with Crippen LogP contribution in [0.25, 0.3) is 0 Å². The first kappa shape index (κ1) is 12.2. The third-order valence-corrected chi connectivity index (χ3v) is 5.07. The van der Waals surface area contributed by atoms with E-state index in [4.69, 9.17) is 11.6 Å². The Labute approximate surface area is 122 Å². The number of allylic oxidation sites excluding steroid dienone is 2. The lowest BCUT2D eigenvalue weighted by atomic mass is 9.85. The molecule has 2 aliphatic carbocycles. The van der Waals surface area contributed by atoms with Crippen molar-refractivity contribution in [2.45, 2.75) is 13.0 Å². The largest absolute Gasteiger partial charge is 0.278 e. The number of hydrogen-bond acceptors (Lipinski definition) is 2. The Bertz CT molecular complexity index is 592. The van der Waals surface area contributed by atoms with Gasteiger partial charge in [0.15, 0.2) is 0 Å². The molecule has 0 spiro atoms. The average molecular weight is 288 g/mol. The highest BCUT2D eigenvalue weighted by atomic mass is 35.5. The van der Waals surface area contributed by atoms with Gasteiger partial charge in [-0.2, -0.15) is 0 Å². The molecule has 1 aromatic carbocycles. The van der Waals surface area contributed by atoms with Crippen molar-refractivity contribution in [3.8, 4) is 0 Å². The first-order valence-corrected chi connectivity index (χ1v) is 7.31. The molecule has 0 radical (unpaired) electrons. The highest BCUT2D eigenvalue weighted by molar-refractivity contribution is 6.30. The number of likely N-dealkylation sites (tertiary alicyclic amines) is 1. The topological polar surface area (TPSA) is 37.4 Å². The number of amides is 2. The molecule has 3 nitrogen and oxygen atoms in total. The van der Waals surface area contributed by atoms with E-state index in [1.165, 1.54) is 4.90 Å². The summed E-state index contributed by atoms with van der Waals surface area (Å²) in [5, 5.41) is 0.659. The van der Waals surface area contributed by atoms with E-state index in [0.29, 0.717) is 11.6 Å². The number of carbonyl (C=O) groups excluding carboxylic acids is 2. The molecule has 1 heterocycles. The van der Waals surface area contributed by atoms with Crippen LogP contribution in [0.15, 0.2) is 36.4 Å². The van der Waals surface area contributed by atoms with Gasteiger partial charge in [0, 0.05) is 5.02 Å². The third kappa shape index (κ3) is 1.59. The molecule has 4 atom stereocenters. The predicted octanol–water partition coefficient (Wildman–Crippen LogP) is 2.65. The zero-order valence-electron chi connectivity index (χ0n) is 10.8. The minimum Gasteiger partial charge on any atom is -0.278 e. The van der Waals surface area contributed by atoms with Crippen LogP contribution in [-0.4, -0.2) is 16.7 Å². The standard InChI is InChI=1S/C16H14ClNO2/c17-12-5-1-9(2-6-12)8-18-15(19)13-10-3-4-11(7-10)14(13)16(18)20/h1-6,10-11,13-14H,7-8H2/t10-,11+,13-,14+. The Morgan fingerprint density at radius 1 is 1.00 bits per heavy atom. The lowest BCUT2D eigenvalue weighted by molar-refractivity contribution is -0.141. The summed E-state index contributed by atoms with van der Waals surface area (Å²) in [7, 11) is 0. The Morgan fingerprint density at radius 2 is 1.55 bits per heavy atom. The molecule has 4 rings (SSSR count). The molecular formula is C16H14ClNO2. The maximum atomic E-state index is 12.5. The van der Waals surface area contributed by atoms with E-state index in [2.05, 4.69) is 12.2 Å². The fourth-order valence-electron chi connectivity index (χ4n) is 3.89. The van der Waals surface area contributed by atoms with Crippen molar-refractivity contribution < 1.29 is 9.59 Å². The molecule has 0 unspecified atom stereocenters. The van der Waals surface area contributed by atoms with Crippen LogP contribution < -0.4 is 0 Å². The molecular weight excluding hydrogens is 274 g/mol. The number of halogens is 1. The minimum atomic E-state index is -0.107.